The van der Waals surface area contributed by atoms with Crippen LogP contribution in [0.1, 0.15) is 38.5 Å². The Morgan fingerprint density at radius 1 is 1.15 bits per heavy atom. The van der Waals surface area contributed by atoms with Gasteiger partial charge in [0.2, 0.25) is 0 Å². The second kappa shape index (κ2) is 12.3. The van der Waals surface area contributed by atoms with Crippen molar-refractivity contribution in [2.24, 2.45) is 16.6 Å². The number of alkyl halides is 1. The van der Waals surface area contributed by atoms with Gasteiger partial charge in [0.15, 0.2) is 0 Å². The van der Waals surface area contributed by atoms with E-state index in [0.717, 1.165) is 45.1 Å². The average molecular weight is 289 g/mol. The fourth-order valence-electron chi connectivity index (χ4n) is 1.58. The minimum absolute atomic E-state index is 0.360. The molecule has 1 unspecified atom stereocenters. The first-order chi connectivity index (χ1) is 9.59. The molecule has 116 valence electrons. The molecular weight excluding hydrogens is 265 g/mol. The van der Waals surface area contributed by atoms with Crippen LogP contribution in [0.15, 0.2) is 4.99 Å². The third kappa shape index (κ3) is 10.2. The number of carbonyl (C=O) groups excluding carboxylic acids is 2. The summed E-state index contributed by atoms with van der Waals surface area (Å²) in [6.07, 6.45) is 5.15. The second-order valence-corrected chi connectivity index (χ2v) is 4.38. The molecule has 0 rings (SSSR count). The Kier molecular flexibility index (Phi) is 11.3. The third-order valence-corrected chi connectivity index (χ3v) is 2.66. The monoisotopic (exact) mass is 289 g/mol. The van der Waals surface area contributed by atoms with E-state index in [0.29, 0.717) is 6.54 Å². The van der Waals surface area contributed by atoms with Gasteiger partial charge >= 0.3 is 0 Å². The van der Waals surface area contributed by atoms with Crippen LogP contribution in [0.25, 0.3) is 0 Å². The van der Waals surface area contributed by atoms with Gasteiger partial charge in [-0.3, -0.25) is 14.6 Å². The van der Waals surface area contributed by atoms with Gasteiger partial charge in [-0.25, -0.2) is 10.2 Å². The van der Waals surface area contributed by atoms with Gasteiger partial charge in [0.05, 0.1) is 6.34 Å². The summed E-state index contributed by atoms with van der Waals surface area (Å²) in [6, 6.07) is 0. The number of halogens is 1. The van der Waals surface area contributed by atoms with Crippen LogP contribution in [0.5, 0.6) is 0 Å². The molecule has 0 saturated heterocycles. The molecular formula is C12H24FN5O2. The lowest BCUT2D eigenvalue weighted by Crippen LogP contribution is -2.40. The molecule has 1 atom stereocenters. The first-order valence-electron chi connectivity index (χ1n) is 6.75. The molecule has 7 nitrogen and oxygen atoms in total. The SMILES string of the molecule is NNC=NCCCCCCCCNC(=O)C(F)C(N)=O. The molecule has 2 amide bonds. The van der Waals surface area contributed by atoms with Crippen LogP contribution in [-0.4, -0.2) is 37.4 Å². The average Bonchev–Trinajstić information content (AvgIpc) is 2.43. The Balaban J connectivity index is 3.31. The summed E-state index contributed by atoms with van der Waals surface area (Å²) in [5, 5.41) is 2.34. The summed E-state index contributed by atoms with van der Waals surface area (Å²) in [5.41, 5.74) is 7.01. The molecule has 0 aliphatic carbocycles. The van der Waals surface area contributed by atoms with Crippen molar-refractivity contribution < 1.29 is 14.0 Å². The summed E-state index contributed by atoms with van der Waals surface area (Å²) < 4.78 is 12.8. The number of aliphatic imine (C=N–C) groups is 1. The van der Waals surface area contributed by atoms with E-state index < -0.39 is 18.0 Å². The normalized spacial score (nSPS) is 12.3. The van der Waals surface area contributed by atoms with Crippen molar-refractivity contribution in [2.75, 3.05) is 13.1 Å². The number of amides is 2. The number of unbranched alkanes of at least 4 members (excludes halogenated alkanes) is 5. The minimum Gasteiger partial charge on any atom is -0.367 e. The van der Waals surface area contributed by atoms with E-state index >= 15 is 0 Å². The Morgan fingerprint density at radius 3 is 2.35 bits per heavy atom. The van der Waals surface area contributed by atoms with E-state index in [4.69, 9.17) is 5.84 Å². The minimum atomic E-state index is -2.25. The fraction of sp³-hybridized carbons (Fsp3) is 0.750. The van der Waals surface area contributed by atoms with Crippen LogP contribution in [0.2, 0.25) is 0 Å². The van der Waals surface area contributed by atoms with Crippen molar-refractivity contribution in [3.05, 3.63) is 0 Å². The largest absolute Gasteiger partial charge is 0.367 e. The zero-order valence-electron chi connectivity index (χ0n) is 11.6. The summed E-state index contributed by atoms with van der Waals surface area (Å²) in [6.45, 7) is 1.12. The number of nitrogens with one attached hydrogen (secondary N) is 2. The highest BCUT2D eigenvalue weighted by Gasteiger charge is 2.22. The van der Waals surface area contributed by atoms with E-state index in [1.54, 1.807) is 0 Å². The molecule has 0 aliphatic rings. The molecule has 20 heavy (non-hydrogen) atoms. The van der Waals surface area contributed by atoms with Gasteiger partial charge in [-0.2, -0.15) is 0 Å². The molecule has 0 aliphatic heterocycles. The molecule has 0 saturated carbocycles. The van der Waals surface area contributed by atoms with Gasteiger partial charge in [0, 0.05) is 13.1 Å². The Hall–Kier alpha value is -1.70. The molecule has 0 bridgehead atoms. The number of hydrogen-bond acceptors (Lipinski definition) is 4. The van der Waals surface area contributed by atoms with Gasteiger partial charge in [-0.05, 0) is 12.8 Å². The first-order valence-corrected chi connectivity index (χ1v) is 6.75. The Bertz CT molecular complexity index is 312. The molecule has 0 spiro atoms. The van der Waals surface area contributed by atoms with Gasteiger partial charge in [0.1, 0.15) is 0 Å². The zero-order valence-corrected chi connectivity index (χ0v) is 11.6. The smallest absolute Gasteiger partial charge is 0.264 e. The molecule has 0 radical (unpaired) electrons. The summed E-state index contributed by atoms with van der Waals surface area (Å²) in [7, 11) is 0. The van der Waals surface area contributed by atoms with Crippen LogP contribution in [0, 0.1) is 0 Å². The predicted molar refractivity (Wildman–Crippen MR) is 75.5 cm³/mol. The summed E-state index contributed by atoms with van der Waals surface area (Å²) >= 11 is 0. The topological polar surface area (TPSA) is 123 Å². The predicted octanol–water partition coefficient (Wildman–Crippen LogP) is -0.242. The van der Waals surface area contributed by atoms with Gasteiger partial charge in [-0.1, -0.05) is 25.7 Å². The van der Waals surface area contributed by atoms with Crippen LogP contribution in [0.3, 0.4) is 0 Å². The van der Waals surface area contributed by atoms with Gasteiger partial charge in [-0.15, -0.1) is 0 Å². The lowest BCUT2D eigenvalue weighted by Gasteiger charge is -2.06. The van der Waals surface area contributed by atoms with E-state index in [1.165, 1.54) is 6.34 Å². The quantitative estimate of drug-likeness (QED) is 0.0988. The molecule has 0 aromatic rings. The number of nitrogens with zero attached hydrogens (tertiary/aromatic N) is 1. The number of hydrogen-bond donors (Lipinski definition) is 4. The van der Waals surface area contributed by atoms with Crippen molar-refractivity contribution in [1.29, 1.82) is 0 Å². The maximum absolute atomic E-state index is 12.8. The van der Waals surface area contributed by atoms with Crippen molar-refractivity contribution in [2.45, 2.75) is 44.7 Å². The number of carbonyl (C=O) groups is 2. The maximum Gasteiger partial charge on any atom is 0.264 e. The standard InChI is InChI=1S/C12H24FN5O2/c13-10(11(14)19)12(20)17-8-6-4-2-1-3-5-7-16-9-18-15/h9-10H,1-8,15H2,(H2,14,19)(H,16,18)(H,17,20). The highest BCUT2D eigenvalue weighted by atomic mass is 19.1. The lowest BCUT2D eigenvalue weighted by molar-refractivity contribution is -0.134. The second-order valence-electron chi connectivity index (χ2n) is 4.38. The van der Waals surface area contributed by atoms with Crippen LogP contribution in [0.4, 0.5) is 4.39 Å². The zero-order chi connectivity index (χ0) is 15.2. The van der Waals surface area contributed by atoms with Crippen molar-refractivity contribution in [1.82, 2.24) is 10.7 Å². The molecule has 6 N–H and O–H groups in total. The van der Waals surface area contributed by atoms with Gasteiger partial charge < -0.3 is 16.5 Å². The third-order valence-electron chi connectivity index (χ3n) is 2.66. The summed E-state index contributed by atoms with van der Waals surface area (Å²) in [4.78, 5) is 25.4. The maximum atomic E-state index is 12.8. The molecule has 0 heterocycles. The Labute approximate surface area is 118 Å². The first kappa shape index (κ1) is 18.3. The number of hydrazine groups is 1. The van der Waals surface area contributed by atoms with E-state index in [1.807, 2.05) is 0 Å². The molecule has 0 aromatic carbocycles. The molecule has 0 aromatic heterocycles. The fourth-order valence-corrected chi connectivity index (χ4v) is 1.58. The summed E-state index contributed by atoms with van der Waals surface area (Å²) in [5.74, 6) is 2.81. The van der Waals surface area contributed by atoms with E-state index in [2.05, 4.69) is 21.5 Å². The Morgan fingerprint density at radius 2 is 1.75 bits per heavy atom. The number of rotatable bonds is 12. The molecule has 0 fully saturated rings. The molecule has 8 heteroatoms. The van der Waals surface area contributed by atoms with Crippen molar-refractivity contribution >= 4 is 18.2 Å². The lowest BCUT2D eigenvalue weighted by atomic mass is 10.1. The van der Waals surface area contributed by atoms with Crippen molar-refractivity contribution in [3.63, 3.8) is 0 Å². The van der Waals surface area contributed by atoms with E-state index in [9.17, 15) is 14.0 Å². The van der Waals surface area contributed by atoms with Crippen LogP contribution >= 0.6 is 0 Å². The van der Waals surface area contributed by atoms with Crippen LogP contribution < -0.4 is 22.3 Å². The number of primary amides is 1. The highest BCUT2D eigenvalue weighted by molar-refractivity contribution is 6.02. The number of nitrogens with two attached hydrogens (primary N) is 2. The van der Waals surface area contributed by atoms with E-state index in [-0.39, 0.29) is 0 Å². The van der Waals surface area contributed by atoms with Gasteiger partial charge in [0.25, 0.3) is 18.0 Å². The van der Waals surface area contributed by atoms with Crippen LogP contribution in [-0.2, 0) is 9.59 Å². The highest BCUT2D eigenvalue weighted by Crippen LogP contribution is 2.05. The van der Waals surface area contributed by atoms with Crippen molar-refractivity contribution in [3.8, 4) is 0 Å².